The average Bonchev–Trinajstić information content (AvgIpc) is 2.97. The van der Waals surface area contributed by atoms with Crippen LogP contribution in [0.5, 0.6) is 5.75 Å². The number of halogens is 6. The van der Waals surface area contributed by atoms with E-state index < -0.39 is 23.0 Å². The van der Waals surface area contributed by atoms with Crippen molar-refractivity contribution in [1.82, 2.24) is 9.78 Å². The van der Waals surface area contributed by atoms with E-state index >= 15 is 0 Å². The third-order valence-electron chi connectivity index (χ3n) is 5.41. The molecule has 2 aromatic rings. The summed E-state index contributed by atoms with van der Waals surface area (Å²) in [4.78, 5) is 2.07. The summed E-state index contributed by atoms with van der Waals surface area (Å²) in [5.41, 5.74) is -0.161. The Bertz CT molecular complexity index is 913. The molecule has 1 aliphatic rings. The topological polar surface area (TPSA) is 50.5 Å². The van der Waals surface area contributed by atoms with Crippen LogP contribution in [-0.4, -0.2) is 41.2 Å². The Balaban J connectivity index is 1.66. The first-order valence-electron chi connectivity index (χ1n) is 9.29. The second-order valence-electron chi connectivity index (χ2n) is 7.26. The molecule has 11 heteroatoms. The van der Waals surface area contributed by atoms with E-state index in [1.165, 1.54) is 14.0 Å². The molecule has 1 fully saturated rings. The summed E-state index contributed by atoms with van der Waals surface area (Å²) in [6.45, 7) is 2.65. The lowest BCUT2D eigenvalue weighted by Gasteiger charge is -2.36. The predicted octanol–water partition coefficient (Wildman–Crippen LogP) is 5.46. The number of alkyl halides is 3. The smallest absolute Gasteiger partial charge is 0.436 e. The van der Waals surface area contributed by atoms with E-state index in [0.29, 0.717) is 41.7 Å². The molecule has 2 heterocycles. The molecule has 0 aliphatic carbocycles. The summed E-state index contributed by atoms with van der Waals surface area (Å²) in [6.07, 6.45) is -4.20. The highest BCUT2D eigenvalue weighted by Crippen LogP contribution is 2.38. The molecule has 1 N–H and O–H groups in total. The van der Waals surface area contributed by atoms with Crippen LogP contribution in [0.25, 0.3) is 0 Å². The maximum Gasteiger partial charge on any atom is 0.436 e. The number of aliphatic hydroxyl groups is 1. The first-order valence-corrected chi connectivity index (χ1v) is 10.4. The maximum absolute atomic E-state index is 13.0. The van der Waals surface area contributed by atoms with Crippen LogP contribution in [-0.2, 0) is 12.7 Å². The number of nitrogens with zero attached hydrogens (tertiary/aromatic N) is 3. The van der Waals surface area contributed by atoms with Crippen LogP contribution < -0.4 is 9.64 Å². The lowest BCUT2D eigenvalue weighted by atomic mass is 9.91. The quantitative estimate of drug-likeness (QED) is 0.610. The molecule has 1 atom stereocenters. The summed E-state index contributed by atoms with van der Waals surface area (Å²) < 4.78 is 45.4. The van der Waals surface area contributed by atoms with Gasteiger partial charge in [-0.15, -0.1) is 0 Å². The fourth-order valence-electron chi connectivity index (χ4n) is 3.65. The monoisotopic (exact) mass is 485 g/mol. The number of ether oxygens (including phenoxy) is 1. The number of anilines is 1. The Morgan fingerprint density at radius 1 is 1.20 bits per heavy atom. The number of rotatable bonds is 5. The van der Waals surface area contributed by atoms with Crippen molar-refractivity contribution in [2.45, 2.75) is 38.6 Å². The number of methoxy groups -OCH3 is 1. The molecule has 1 aromatic carbocycles. The molecule has 0 spiro atoms. The Morgan fingerprint density at radius 2 is 1.83 bits per heavy atom. The van der Waals surface area contributed by atoms with E-state index in [1.54, 1.807) is 12.1 Å². The molecule has 1 aromatic heterocycles. The van der Waals surface area contributed by atoms with Gasteiger partial charge in [-0.05, 0) is 31.7 Å². The highest BCUT2D eigenvalue weighted by Gasteiger charge is 2.38. The van der Waals surface area contributed by atoms with Gasteiger partial charge in [-0.25, -0.2) is 0 Å². The van der Waals surface area contributed by atoms with Gasteiger partial charge in [0, 0.05) is 19.2 Å². The molecular formula is C19H21Cl3F3N3O2. The molecule has 3 rings (SSSR count). The fourth-order valence-corrected chi connectivity index (χ4v) is 4.47. The van der Waals surface area contributed by atoms with Crippen LogP contribution in [0.2, 0.25) is 15.1 Å². The Morgan fingerprint density at radius 3 is 2.37 bits per heavy atom. The van der Waals surface area contributed by atoms with Gasteiger partial charge in [0.2, 0.25) is 0 Å². The number of benzene rings is 1. The normalized spacial score (nSPS) is 16.8. The van der Waals surface area contributed by atoms with Crippen molar-refractivity contribution in [3.05, 3.63) is 38.6 Å². The molecule has 0 radical (unpaired) electrons. The second-order valence-corrected chi connectivity index (χ2v) is 8.45. The number of hydrogen-bond acceptors (Lipinski definition) is 4. The standard InChI is InChI=1S/C19H21Cl3F3N3O2/c1-10-17(22)18(19(23,24)25)26-28(10)9-15(29)11-3-5-27(6-4-11)14-8-16(30-2)13(21)7-12(14)20/h7-8,11,15,29H,3-6,9H2,1-2H3. The average molecular weight is 487 g/mol. The lowest BCUT2D eigenvalue weighted by Crippen LogP contribution is -2.39. The van der Waals surface area contributed by atoms with Gasteiger partial charge in [0.1, 0.15) is 5.75 Å². The van der Waals surface area contributed by atoms with Gasteiger partial charge in [0.25, 0.3) is 0 Å². The molecule has 30 heavy (non-hydrogen) atoms. The molecule has 1 aliphatic heterocycles. The molecule has 1 saturated heterocycles. The summed E-state index contributed by atoms with van der Waals surface area (Å²) >= 11 is 18.2. The van der Waals surface area contributed by atoms with Crippen LogP contribution in [0.3, 0.4) is 0 Å². The number of aromatic nitrogens is 2. The Labute approximate surface area is 187 Å². The largest absolute Gasteiger partial charge is 0.495 e. The zero-order valence-electron chi connectivity index (χ0n) is 16.3. The molecule has 0 amide bonds. The van der Waals surface area contributed by atoms with Gasteiger partial charge in [-0.2, -0.15) is 18.3 Å². The van der Waals surface area contributed by atoms with Crippen molar-refractivity contribution >= 4 is 40.5 Å². The van der Waals surface area contributed by atoms with Gasteiger partial charge in [-0.1, -0.05) is 34.8 Å². The molecular weight excluding hydrogens is 466 g/mol. The van der Waals surface area contributed by atoms with E-state index in [9.17, 15) is 18.3 Å². The molecule has 1 unspecified atom stereocenters. The molecule has 5 nitrogen and oxygen atoms in total. The lowest BCUT2D eigenvalue weighted by molar-refractivity contribution is -0.141. The zero-order valence-corrected chi connectivity index (χ0v) is 18.6. The third-order valence-corrected chi connectivity index (χ3v) is 6.46. The van der Waals surface area contributed by atoms with E-state index in [0.717, 1.165) is 10.4 Å². The third kappa shape index (κ3) is 4.77. The Kier molecular flexibility index (Phi) is 7.01. The van der Waals surface area contributed by atoms with Crippen LogP contribution in [0, 0.1) is 12.8 Å². The van der Waals surface area contributed by atoms with Crippen molar-refractivity contribution in [3.63, 3.8) is 0 Å². The first kappa shape index (κ1) is 23.3. The van der Waals surface area contributed by atoms with Crippen molar-refractivity contribution in [2.75, 3.05) is 25.1 Å². The summed E-state index contributed by atoms with van der Waals surface area (Å²) in [5, 5.41) is 14.7. The van der Waals surface area contributed by atoms with Gasteiger partial charge >= 0.3 is 6.18 Å². The highest BCUT2D eigenvalue weighted by molar-refractivity contribution is 6.37. The van der Waals surface area contributed by atoms with Crippen molar-refractivity contribution < 1.29 is 23.0 Å². The predicted molar refractivity (Wildman–Crippen MR) is 111 cm³/mol. The minimum absolute atomic E-state index is 0.0537. The minimum atomic E-state index is -4.64. The van der Waals surface area contributed by atoms with E-state index in [4.69, 9.17) is 39.5 Å². The van der Waals surface area contributed by atoms with Crippen LogP contribution >= 0.6 is 34.8 Å². The molecule has 166 valence electrons. The first-order chi connectivity index (χ1) is 14.0. The van der Waals surface area contributed by atoms with E-state index in [-0.39, 0.29) is 18.2 Å². The van der Waals surface area contributed by atoms with Gasteiger partial charge in [-0.3, -0.25) is 4.68 Å². The van der Waals surface area contributed by atoms with Crippen molar-refractivity contribution in [2.24, 2.45) is 5.92 Å². The van der Waals surface area contributed by atoms with Crippen LogP contribution in [0.15, 0.2) is 12.1 Å². The van der Waals surface area contributed by atoms with Gasteiger partial charge < -0.3 is 14.7 Å². The van der Waals surface area contributed by atoms with Crippen LogP contribution in [0.4, 0.5) is 18.9 Å². The maximum atomic E-state index is 13.0. The summed E-state index contributed by atoms with van der Waals surface area (Å²) in [5.74, 6) is 0.427. The Hall–Kier alpha value is -1.35. The van der Waals surface area contributed by atoms with Crippen LogP contribution in [0.1, 0.15) is 24.2 Å². The zero-order chi connectivity index (χ0) is 22.2. The second kappa shape index (κ2) is 9.02. The van der Waals surface area contributed by atoms with Crippen molar-refractivity contribution in [1.29, 1.82) is 0 Å². The number of hydrogen-bond donors (Lipinski definition) is 1. The van der Waals surface area contributed by atoms with Crippen molar-refractivity contribution in [3.8, 4) is 5.75 Å². The van der Waals surface area contributed by atoms with E-state index in [2.05, 4.69) is 10.00 Å². The summed E-state index contributed by atoms with van der Waals surface area (Å²) in [7, 11) is 1.52. The van der Waals surface area contributed by atoms with E-state index in [1.807, 2.05) is 0 Å². The van der Waals surface area contributed by atoms with Gasteiger partial charge in [0.05, 0.1) is 46.2 Å². The number of piperidine rings is 1. The fraction of sp³-hybridized carbons (Fsp3) is 0.526. The molecule has 0 bridgehead atoms. The molecule has 0 saturated carbocycles. The highest BCUT2D eigenvalue weighted by atomic mass is 35.5. The number of aliphatic hydroxyl groups excluding tert-OH is 1. The SMILES string of the molecule is COc1cc(N2CCC(C(O)Cn3nc(C(F)(F)F)c(Cl)c3C)CC2)c(Cl)cc1Cl. The summed E-state index contributed by atoms with van der Waals surface area (Å²) in [6, 6.07) is 3.40. The van der Waals surface area contributed by atoms with Gasteiger partial charge in [0.15, 0.2) is 5.69 Å². The minimum Gasteiger partial charge on any atom is -0.495 e.